The van der Waals surface area contributed by atoms with Crippen molar-refractivity contribution < 1.29 is 16.8 Å². The van der Waals surface area contributed by atoms with E-state index in [1.807, 2.05) is 42.5 Å². The third-order valence-corrected chi connectivity index (χ3v) is 14.7. The lowest BCUT2D eigenvalue weighted by atomic mass is 9.64. The molecule has 4 aromatic carbocycles. The Hall–Kier alpha value is -2.83. The molecule has 2 saturated carbocycles. The monoisotopic (exact) mass is 928 g/mol. The number of anilines is 2. The highest BCUT2D eigenvalue weighted by molar-refractivity contribution is 8.13. The zero-order valence-corrected chi connectivity index (χ0v) is 39.6. The second-order valence-corrected chi connectivity index (χ2v) is 23.7. The van der Waals surface area contributed by atoms with Crippen LogP contribution in [0.2, 0.25) is 10.0 Å². The average molecular weight is 931 g/mol. The van der Waals surface area contributed by atoms with Crippen LogP contribution < -0.4 is 9.62 Å². The summed E-state index contributed by atoms with van der Waals surface area (Å²) in [5.74, 6) is 1.09. The van der Waals surface area contributed by atoms with Gasteiger partial charge in [-0.1, -0.05) is 96.7 Å². The smallest absolute Gasteiger partial charge is 0.232 e. The van der Waals surface area contributed by atoms with Gasteiger partial charge in [0.1, 0.15) is 0 Å². The van der Waals surface area contributed by atoms with Crippen LogP contribution in [-0.2, 0) is 29.9 Å². The van der Waals surface area contributed by atoms with Gasteiger partial charge in [-0.05, 0) is 136 Å². The highest BCUT2D eigenvalue weighted by Gasteiger charge is 2.42. The molecule has 0 radical (unpaired) electrons. The van der Waals surface area contributed by atoms with Crippen molar-refractivity contribution in [2.24, 2.45) is 11.8 Å². The Labute approximate surface area is 380 Å². The number of nitrogens with zero attached hydrogens (tertiary/aromatic N) is 3. The minimum atomic E-state index is -3.31. The predicted molar refractivity (Wildman–Crippen MR) is 257 cm³/mol. The zero-order chi connectivity index (χ0) is 43.5. The minimum absolute atomic E-state index is 0.225. The summed E-state index contributed by atoms with van der Waals surface area (Å²) < 4.78 is 45.3. The molecule has 4 aliphatic rings. The van der Waals surface area contributed by atoms with Crippen LogP contribution >= 0.6 is 33.9 Å². The van der Waals surface area contributed by atoms with Gasteiger partial charge in [0.2, 0.25) is 19.1 Å². The van der Waals surface area contributed by atoms with Gasteiger partial charge in [0.25, 0.3) is 0 Å². The molecule has 2 atom stereocenters. The molecule has 0 aromatic heterocycles. The van der Waals surface area contributed by atoms with Gasteiger partial charge in [-0.3, -0.25) is 4.31 Å². The van der Waals surface area contributed by atoms with E-state index in [9.17, 15) is 16.8 Å². The topological polar surface area (TPSA) is 90.0 Å². The number of rotatable bonds is 13. The van der Waals surface area contributed by atoms with E-state index in [0.717, 1.165) is 66.9 Å². The van der Waals surface area contributed by atoms with Gasteiger partial charge in [0.05, 0.1) is 18.2 Å². The zero-order valence-electron chi connectivity index (χ0n) is 35.7. The van der Waals surface area contributed by atoms with Crippen LogP contribution in [0.3, 0.4) is 0 Å². The fourth-order valence-corrected chi connectivity index (χ4v) is 11.0. The van der Waals surface area contributed by atoms with E-state index in [-0.39, 0.29) is 5.41 Å². The van der Waals surface area contributed by atoms with E-state index in [0.29, 0.717) is 17.9 Å². The van der Waals surface area contributed by atoms with Crippen molar-refractivity contribution in [2.45, 2.75) is 75.0 Å². The van der Waals surface area contributed by atoms with Crippen molar-refractivity contribution in [1.82, 2.24) is 9.80 Å². The van der Waals surface area contributed by atoms with Gasteiger partial charge >= 0.3 is 0 Å². The highest BCUT2D eigenvalue weighted by atomic mass is 35.7. The normalized spacial score (nSPS) is 21.3. The number of nitrogens with one attached hydrogen (secondary N) is 1. The molecule has 0 bridgehead atoms. The lowest BCUT2D eigenvalue weighted by molar-refractivity contribution is 0.101. The molecule has 61 heavy (non-hydrogen) atoms. The van der Waals surface area contributed by atoms with E-state index in [1.165, 1.54) is 94.1 Å². The maximum Gasteiger partial charge on any atom is 0.232 e. The molecule has 2 aliphatic heterocycles. The summed E-state index contributed by atoms with van der Waals surface area (Å²) in [6.07, 6.45) is 14.8. The summed E-state index contributed by atoms with van der Waals surface area (Å²) in [4.78, 5) is 5.28. The SMILES string of the molecule is CS(=O)(=O)Cl.CS(=O)(=O)N(C[C@@H]1CCCN(CC2(c3ccc(Cl)cc3)CCC2)C1)c1ccccc1.Clc1ccc(C2(CN3CCC[C@@H](CNc4ccccc4)C3)CCC2)cc1. The maximum absolute atomic E-state index is 12.5. The first-order valence-electron chi connectivity index (χ1n) is 21.8. The number of para-hydroxylation sites is 2. The Morgan fingerprint density at radius 2 is 1.05 bits per heavy atom. The summed E-state index contributed by atoms with van der Waals surface area (Å²) in [5.41, 5.74) is 5.46. The molecule has 4 aromatic rings. The Bertz CT molecular complexity index is 2170. The van der Waals surface area contributed by atoms with Crippen molar-refractivity contribution in [3.05, 3.63) is 130 Å². The van der Waals surface area contributed by atoms with E-state index < -0.39 is 19.1 Å². The van der Waals surface area contributed by atoms with Gasteiger partial charge < -0.3 is 15.1 Å². The van der Waals surface area contributed by atoms with Crippen LogP contribution in [0.5, 0.6) is 0 Å². The summed E-state index contributed by atoms with van der Waals surface area (Å²) >= 11 is 12.2. The molecule has 4 fully saturated rings. The van der Waals surface area contributed by atoms with Crippen LogP contribution in [0.1, 0.15) is 75.3 Å². The summed E-state index contributed by atoms with van der Waals surface area (Å²) in [6, 6.07) is 37.0. The molecular formula is C48H63Cl3N4O4S2. The number of likely N-dealkylation sites (tertiary alicyclic amines) is 2. The van der Waals surface area contributed by atoms with Crippen LogP contribution in [0.25, 0.3) is 0 Å². The van der Waals surface area contributed by atoms with E-state index in [2.05, 4.69) is 92.5 Å². The number of benzene rings is 4. The van der Waals surface area contributed by atoms with Crippen molar-refractivity contribution in [2.75, 3.05) is 74.5 Å². The number of piperidine rings is 2. The molecule has 2 aliphatic carbocycles. The summed E-state index contributed by atoms with van der Waals surface area (Å²) in [6.45, 7) is 8.39. The molecule has 332 valence electrons. The molecule has 8 nitrogen and oxygen atoms in total. The van der Waals surface area contributed by atoms with E-state index in [4.69, 9.17) is 23.2 Å². The molecular weight excluding hydrogens is 867 g/mol. The first kappa shape index (κ1) is 47.6. The third kappa shape index (κ3) is 14.3. The Balaban J connectivity index is 0.000000185. The van der Waals surface area contributed by atoms with E-state index in [1.54, 1.807) is 4.31 Å². The van der Waals surface area contributed by atoms with Gasteiger partial charge in [-0.2, -0.15) is 0 Å². The van der Waals surface area contributed by atoms with Gasteiger partial charge in [0, 0.05) is 76.5 Å². The Morgan fingerprint density at radius 3 is 1.48 bits per heavy atom. The molecule has 1 N–H and O–H groups in total. The van der Waals surface area contributed by atoms with E-state index >= 15 is 0 Å². The predicted octanol–water partition coefficient (Wildman–Crippen LogP) is 10.7. The first-order valence-corrected chi connectivity index (χ1v) is 27.1. The van der Waals surface area contributed by atoms with Gasteiger partial charge in [0.15, 0.2) is 0 Å². The fraction of sp³-hybridized carbons (Fsp3) is 0.500. The van der Waals surface area contributed by atoms with Crippen molar-refractivity contribution in [1.29, 1.82) is 0 Å². The van der Waals surface area contributed by atoms with Crippen molar-refractivity contribution >= 4 is 64.3 Å². The van der Waals surface area contributed by atoms with Crippen LogP contribution in [0, 0.1) is 11.8 Å². The third-order valence-electron chi connectivity index (χ3n) is 13.0. The second kappa shape index (κ2) is 21.7. The van der Waals surface area contributed by atoms with Crippen molar-refractivity contribution in [3.8, 4) is 0 Å². The second-order valence-electron chi connectivity index (χ2n) is 17.8. The summed E-state index contributed by atoms with van der Waals surface area (Å²) in [7, 11) is -2.00. The number of hydrogen-bond acceptors (Lipinski definition) is 7. The maximum atomic E-state index is 12.5. The number of sulfonamides is 1. The lowest BCUT2D eigenvalue weighted by Gasteiger charge is -2.47. The van der Waals surface area contributed by atoms with Crippen LogP contribution in [0.15, 0.2) is 109 Å². The van der Waals surface area contributed by atoms with Crippen molar-refractivity contribution in [3.63, 3.8) is 0 Å². The standard InChI is InChI=1S/C24H31ClN2O2S.C23H29ClN2.CH3ClO2S/c1-30(28,29)27(23-8-3-2-4-9-23)18-20-7-5-16-26(17-20)19-24(14-6-15-24)21-10-12-22(25)13-11-21;24-21-11-9-20(10-12-21)23(13-5-14-23)18-26-15-4-6-19(17-26)16-25-22-7-2-1-3-8-22;1-5(2,3)4/h2-4,8-13,20H,5-7,14-19H2,1H3;1-3,7-12,19,25H,4-6,13-18H2;1H3/t20-;19-;/m10./s1. The fourth-order valence-electron chi connectivity index (χ4n) is 9.73. The van der Waals surface area contributed by atoms with Crippen LogP contribution in [0.4, 0.5) is 11.4 Å². The molecule has 8 rings (SSSR count). The summed E-state index contributed by atoms with van der Waals surface area (Å²) in [5, 5.41) is 5.25. The molecule has 2 heterocycles. The molecule has 0 unspecified atom stereocenters. The Morgan fingerprint density at radius 1 is 0.623 bits per heavy atom. The largest absolute Gasteiger partial charge is 0.385 e. The minimum Gasteiger partial charge on any atom is -0.385 e. The number of hydrogen-bond donors (Lipinski definition) is 1. The van der Waals surface area contributed by atoms with Gasteiger partial charge in [-0.25, -0.2) is 16.8 Å². The first-order chi connectivity index (χ1) is 29.1. The average Bonchev–Trinajstić information content (AvgIpc) is 3.20. The highest BCUT2D eigenvalue weighted by Crippen LogP contribution is 2.46. The molecule has 0 amide bonds. The van der Waals surface area contributed by atoms with Crippen LogP contribution in [-0.4, -0.2) is 91.5 Å². The molecule has 0 spiro atoms. The lowest BCUT2D eigenvalue weighted by Crippen LogP contribution is -2.50. The molecule has 2 saturated heterocycles. The van der Waals surface area contributed by atoms with Gasteiger partial charge in [-0.15, -0.1) is 0 Å². The quantitative estimate of drug-likeness (QED) is 0.134. The molecule has 13 heteroatoms. The Kier molecular flexibility index (Phi) is 16.9. The number of halogens is 3.